The molecule has 3 aromatic rings. The fraction of sp³-hybridized carbons (Fsp3) is 0.278. The van der Waals surface area contributed by atoms with E-state index < -0.39 is 18.1 Å². The molecule has 0 aliphatic heterocycles. The van der Waals surface area contributed by atoms with Crippen molar-refractivity contribution in [2.45, 2.75) is 25.4 Å². The Balaban J connectivity index is 1.71. The van der Waals surface area contributed by atoms with E-state index in [0.29, 0.717) is 10.5 Å². The van der Waals surface area contributed by atoms with Crippen molar-refractivity contribution >= 4 is 22.6 Å². The van der Waals surface area contributed by atoms with Gasteiger partial charge in [0, 0.05) is 5.02 Å². The molecule has 4 nitrogen and oxygen atoms in total. The first-order chi connectivity index (χ1) is 12.4. The Labute approximate surface area is 152 Å². The molecule has 1 heterocycles. The van der Waals surface area contributed by atoms with Crippen molar-refractivity contribution in [1.82, 2.24) is 9.55 Å². The largest absolute Gasteiger partial charge is 0.449 e. The summed E-state index contributed by atoms with van der Waals surface area (Å²) in [7, 11) is 0. The molecule has 2 aromatic carbocycles. The van der Waals surface area contributed by atoms with Gasteiger partial charge in [0.2, 0.25) is 5.82 Å². The van der Waals surface area contributed by atoms with Gasteiger partial charge in [0.05, 0.1) is 36.9 Å². The monoisotopic (exact) mass is 384 g/mol. The van der Waals surface area contributed by atoms with Crippen LogP contribution in [0.4, 0.5) is 13.2 Å². The third kappa shape index (κ3) is 4.17. The van der Waals surface area contributed by atoms with Gasteiger partial charge in [-0.2, -0.15) is 13.2 Å². The summed E-state index contributed by atoms with van der Waals surface area (Å²) in [5.74, 6) is -1.04. The average molecular weight is 385 g/mol. The highest BCUT2D eigenvalue weighted by atomic mass is 35.5. The molecule has 1 atom stereocenters. The molecule has 1 aromatic heterocycles. The van der Waals surface area contributed by atoms with Crippen molar-refractivity contribution in [3.63, 3.8) is 0 Å². The summed E-state index contributed by atoms with van der Waals surface area (Å²) < 4.78 is 46.1. The van der Waals surface area contributed by atoms with Gasteiger partial charge in [-0.3, -0.25) is 0 Å². The number of nitrogens with zero attached hydrogens (tertiary/aromatic N) is 2. The number of alkyl halides is 3. The fourth-order valence-electron chi connectivity index (χ4n) is 2.66. The zero-order valence-corrected chi connectivity index (χ0v) is 14.3. The van der Waals surface area contributed by atoms with Crippen LogP contribution < -0.4 is 0 Å². The van der Waals surface area contributed by atoms with E-state index in [1.807, 2.05) is 0 Å². The van der Waals surface area contributed by atoms with Crippen molar-refractivity contribution in [2.75, 3.05) is 6.61 Å². The maximum Gasteiger partial charge on any atom is 0.449 e. The molecule has 0 saturated heterocycles. The van der Waals surface area contributed by atoms with Crippen LogP contribution in [0, 0.1) is 0 Å². The predicted molar refractivity (Wildman–Crippen MR) is 91.8 cm³/mol. The Morgan fingerprint density at radius 1 is 1.12 bits per heavy atom. The van der Waals surface area contributed by atoms with Gasteiger partial charge in [0.15, 0.2) is 0 Å². The lowest BCUT2D eigenvalue weighted by molar-refractivity contribution is -0.147. The molecule has 3 rings (SSSR count). The second-order valence-electron chi connectivity index (χ2n) is 5.79. The second-order valence-corrected chi connectivity index (χ2v) is 6.20. The van der Waals surface area contributed by atoms with Crippen LogP contribution in [0.15, 0.2) is 48.5 Å². The maximum absolute atomic E-state index is 13.2. The molecular weight excluding hydrogens is 369 g/mol. The van der Waals surface area contributed by atoms with Gasteiger partial charge in [0.1, 0.15) is 0 Å². The summed E-state index contributed by atoms with van der Waals surface area (Å²) >= 11 is 6.01. The van der Waals surface area contributed by atoms with Crippen LogP contribution in [0.1, 0.15) is 11.4 Å². The first kappa shape index (κ1) is 18.7. The number of imidazole rings is 1. The quantitative estimate of drug-likeness (QED) is 0.689. The third-order valence-corrected chi connectivity index (χ3v) is 4.20. The minimum Gasteiger partial charge on any atom is -0.389 e. The summed E-state index contributed by atoms with van der Waals surface area (Å²) in [5, 5.41) is 10.7. The number of aliphatic hydroxyl groups is 1. The number of halogens is 4. The lowest BCUT2D eigenvalue weighted by Crippen LogP contribution is -2.25. The fourth-order valence-corrected chi connectivity index (χ4v) is 2.85. The summed E-state index contributed by atoms with van der Waals surface area (Å²) in [5.41, 5.74) is 1.28. The van der Waals surface area contributed by atoms with E-state index in [1.165, 1.54) is 12.1 Å². The topological polar surface area (TPSA) is 47.3 Å². The minimum atomic E-state index is -4.61. The van der Waals surface area contributed by atoms with Crippen LogP contribution in [0.2, 0.25) is 5.02 Å². The normalized spacial score (nSPS) is 13.3. The molecule has 0 spiro atoms. The predicted octanol–water partition coefficient (Wildman–Crippen LogP) is 4.29. The van der Waals surface area contributed by atoms with Gasteiger partial charge < -0.3 is 14.4 Å². The molecule has 8 heteroatoms. The lowest BCUT2D eigenvalue weighted by atomic mass is 10.2. The molecular formula is C18H16ClF3N2O2. The Morgan fingerprint density at radius 3 is 2.54 bits per heavy atom. The summed E-state index contributed by atoms with van der Waals surface area (Å²) in [6.07, 6.45) is -5.74. The number of aromatic nitrogens is 2. The Bertz CT molecular complexity index is 896. The minimum absolute atomic E-state index is 0.130. The molecule has 0 bridgehead atoms. The SMILES string of the molecule is O[C@H](COCc1ccccc1Cl)Cn1c(C(F)(F)F)nc2ccccc21. The highest BCUT2D eigenvalue weighted by Gasteiger charge is 2.37. The zero-order valence-electron chi connectivity index (χ0n) is 13.6. The standard InChI is InChI=1S/C18H16ClF3N2O2/c19-14-6-2-1-5-12(14)10-26-11-13(25)9-24-16-8-4-3-7-15(16)23-17(24)18(20,21)22/h1-8,13,25H,9-11H2/t13-/m0/s1. The molecule has 26 heavy (non-hydrogen) atoms. The zero-order chi connectivity index (χ0) is 18.7. The van der Waals surface area contributed by atoms with Crippen molar-refractivity contribution in [3.05, 3.63) is 64.9 Å². The van der Waals surface area contributed by atoms with Crippen LogP contribution >= 0.6 is 11.6 Å². The van der Waals surface area contributed by atoms with Crippen LogP contribution in [0.25, 0.3) is 11.0 Å². The molecule has 0 fully saturated rings. The molecule has 0 saturated carbocycles. The van der Waals surface area contributed by atoms with Crippen LogP contribution in [-0.2, 0) is 24.1 Å². The van der Waals surface area contributed by atoms with Crippen LogP contribution in [0.5, 0.6) is 0 Å². The van der Waals surface area contributed by atoms with Crippen molar-refractivity contribution in [2.24, 2.45) is 0 Å². The molecule has 0 aliphatic carbocycles. The Morgan fingerprint density at radius 2 is 1.81 bits per heavy atom. The number of rotatable bonds is 6. The van der Waals surface area contributed by atoms with Crippen LogP contribution in [0.3, 0.4) is 0 Å². The first-order valence-electron chi connectivity index (χ1n) is 7.88. The third-order valence-electron chi connectivity index (χ3n) is 3.83. The molecule has 0 aliphatic rings. The highest BCUT2D eigenvalue weighted by molar-refractivity contribution is 6.31. The number of fused-ring (bicyclic) bond motifs is 1. The van der Waals surface area contributed by atoms with Gasteiger partial charge >= 0.3 is 6.18 Å². The summed E-state index contributed by atoms with van der Waals surface area (Å²) in [6, 6.07) is 13.3. The highest BCUT2D eigenvalue weighted by Crippen LogP contribution is 2.31. The Kier molecular flexibility index (Phi) is 5.50. The first-order valence-corrected chi connectivity index (χ1v) is 8.25. The van der Waals surface area contributed by atoms with Crippen LogP contribution in [-0.4, -0.2) is 27.4 Å². The van der Waals surface area contributed by atoms with Crippen molar-refractivity contribution in [3.8, 4) is 0 Å². The number of aliphatic hydroxyl groups excluding tert-OH is 1. The lowest BCUT2D eigenvalue weighted by Gasteiger charge is -2.16. The number of ether oxygens (including phenoxy) is 1. The second kappa shape index (κ2) is 7.65. The van der Waals surface area contributed by atoms with Crippen molar-refractivity contribution in [1.29, 1.82) is 0 Å². The maximum atomic E-state index is 13.2. The summed E-state index contributed by atoms with van der Waals surface area (Å²) in [4.78, 5) is 3.65. The number of para-hydroxylation sites is 2. The van der Waals surface area contributed by atoms with E-state index in [1.54, 1.807) is 36.4 Å². The van der Waals surface area contributed by atoms with Gasteiger partial charge in [-0.05, 0) is 23.8 Å². The molecule has 0 radical (unpaired) electrons. The van der Waals surface area contributed by atoms with Gasteiger partial charge in [-0.1, -0.05) is 41.9 Å². The van der Waals surface area contributed by atoms with E-state index in [9.17, 15) is 18.3 Å². The van der Waals surface area contributed by atoms with E-state index in [0.717, 1.165) is 10.1 Å². The van der Waals surface area contributed by atoms with Gasteiger partial charge in [-0.15, -0.1) is 0 Å². The number of benzene rings is 2. The average Bonchev–Trinajstić information content (AvgIpc) is 2.96. The van der Waals surface area contributed by atoms with E-state index in [2.05, 4.69) is 4.98 Å². The van der Waals surface area contributed by atoms with Crippen molar-refractivity contribution < 1.29 is 23.0 Å². The Hall–Kier alpha value is -2.09. The number of hydrogen-bond donors (Lipinski definition) is 1. The summed E-state index contributed by atoms with van der Waals surface area (Å²) in [6.45, 7) is -0.250. The molecule has 1 N–H and O–H groups in total. The van der Waals surface area contributed by atoms with Gasteiger partial charge in [0.25, 0.3) is 0 Å². The van der Waals surface area contributed by atoms with Gasteiger partial charge in [-0.25, -0.2) is 4.98 Å². The molecule has 0 unspecified atom stereocenters. The number of hydrogen-bond acceptors (Lipinski definition) is 3. The molecule has 138 valence electrons. The smallest absolute Gasteiger partial charge is 0.389 e. The van der Waals surface area contributed by atoms with E-state index in [4.69, 9.17) is 16.3 Å². The molecule has 0 amide bonds. The van der Waals surface area contributed by atoms with E-state index in [-0.39, 0.29) is 25.3 Å². The van der Waals surface area contributed by atoms with E-state index >= 15 is 0 Å².